The summed E-state index contributed by atoms with van der Waals surface area (Å²) < 4.78 is 5.32. The first-order valence-electron chi connectivity index (χ1n) is 7.98. The number of carbonyl (C=O) groups is 1. The van der Waals surface area contributed by atoms with Crippen LogP contribution in [-0.2, 0) is 4.74 Å². The molecule has 3 rings (SSSR count). The molecule has 0 unspecified atom stereocenters. The number of carbonyl (C=O) groups excluding carboxylic acids is 1. The van der Waals surface area contributed by atoms with Crippen molar-refractivity contribution in [1.82, 2.24) is 19.8 Å². The van der Waals surface area contributed by atoms with Crippen molar-refractivity contribution in [1.29, 1.82) is 0 Å². The number of nitrogens with zero attached hydrogens (tertiary/aromatic N) is 4. The van der Waals surface area contributed by atoms with Crippen LogP contribution >= 0.6 is 0 Å². The molecule has 0 radical (unpaired) electrons. The Balaban J connectivity index is 1.45. The normalized spacial score (nSPS) is 19.4. The predicted octanol–water partition coefficient (Wildman–Crippen LogP) is 0.457. The van der Waals surface area contributed by atoms with Crippen LogP contribution in [0.5, 0.6) is 0 Å². The van der Waals surface area contributed by atoms with Crippen LogP contribution in [0.2, 0.25) is 0 Å². The summed E-state index contributed by atoms with van der Waals surface area (Å²) in [5.74, 6) is 0.614. The number of anilines is 1. The quantitative estimate of drug-likeness (QED) is 0.852. The summed E-state index contributed by atoms with van der Waals surface area (Å²) in [7, 11) is 0. The highest BCUT2D eigenvalue weighted by atomic mass is 16.5. The van der Waals surface area contributed by atoms with Gasteiger partial charge in [-0.2, -0.15) is 0 Å². The van der Waals surface area contributed by atoms with E-state index in [4.69, 9.17) is 4.74 Å². The fourth-order valence-electron chi connectivity index (χ4n) is 2.78. The largest absolute Gasteiger partial charge is 0.379 e. The van der Waals surface area contributed by atoms with E-state index in [0.29, 0.717) is 11.5 Å². The number of aromatic nitrogens is 2. The topological polar surface area (TPSA) is 70.6 Å². The van der Waals surface area contributed by atoms with Crippen LogP contribution < -0.4 is 5.32 Å². The van der Waals surface area contributed by atoms with E-state index in [1.54, 1.807) is 12.4 Å². The summed E-state index contributed by atoms with van der Waals surface area (Å²) in [5, 5.41) is 3.20. The average molecular weight is 305 g/mol. The molecule has 0 aromatic carbocycles. The van der Waals surface area contributed by atoms with Gasteiger partial charge in [0.15, 0.2) is 0 Å². The third kappa shape index (κ3) is 3.92. The van der Waals surface area contributed by atoms with E-state index in [1.165, 1.54) is 0 Å². The van der Waals surface area contributed by atoms with Gasteiger partial charge in [-0.3, -0.25) is 9.69 Å². The molecule has 1 aromatic heterocycles. The lowest BCUT2D eigenvalue weighted by molar-refractivity contribution is 0.0398. The molecule has 2 saturated heterocycles. The summed E-state index contributed by atoms with van der Waals surface area (Å²) in [4.78, 5) is 24.9. The number of likely N-dealkylation sites (tertiary alicyclic amines) is 1. The fraction of sp³-hybridized carbons (Fsp3) is 0.667. The fourth-order valence-corrected chi connectivity index (χ4v) is 2.78. The zero-order valence-corrected chi connectivity index (χ0v) is 12.8. The Morgan fingerprint density at radius 3 is 2.50 bits per heavy atom. The molecule has 2 fully saturated rings. The summed E-state index contributed by atoms with van der Waals surface area (Å²) in [6, 6.07) is 0. The molecule has 1 N–H and O–H groups in total. The van der Waals surface area contributed by atoms with Gasteiger partial charge in [0.1, 0.15) is 0 Å². The maximum atomic E-state index is 12.2. The Labute approximate surface area is 130 Å². The maximum absolute atomic E-state index is 12.2. The third-order valence-corrected chi connectivity index (χ3v) is 4.11. The van der Waals surface area contributed by atoms with Crippen molar-refractivity contribution in [2.45, 2.75) is 12.8 Å². The Morgan fingerprint density at radius 2 is 1.82 bits per heavy atom. The van der Waals surface area contributed by atoms with Crippen molar-refractivity contribution in [2.24, 2.45) is 0 Å². The van der Waals surface area contributed by atoms with Gasteiger partial charge in [-0.1, -0.05) is 0 Å². The van der Waals surface area contributed by atoms with Crippen LogP contribution in [0, 0.1) is 0 Å². The van der Waals surface area contributed by atoms with Gasteiger partial charge in [0, 0.05) is 51.7 Å². The molecular formula is C15H23N5O2. The van der Waals surface area contributed by atoms with E-state index in [0.717, 1.165) is 65.3 Å². The molecule has 3 heterocycles. The van der Waals surface area contributed by atoms with Crippen LogP contribution in [0.4, 0.5) is 5.95 Å². The van der Waals surface area contributed by atoms with E-state index in [2.05, 4.69) is 20.2 Å². The van der Waals surface area contributed by atoms with Crippen LogP contribution in [0.15, 0.2) is 12.4 Å². The van der Waals surface area contributed by atoms with E-state index in [9.17, 15) is 4.79 Å². The molecule has 0 bridgehead atoms. The third-order valence-electron chi connectivity index (χ3n) is 4.11. The summed E-state index contributed by atoms with van der Waals surface area (Å²) in [5.41, 5.74) is 0.570. The smallest absolute Gasteiger partial charge is 0.256 e. The molecular weight excluding hydrogens is 282 g/mol. The van der Waals surface area contributed by atoms with Crippen LogP contribution in [-0.4, -0.2) is 78.2 Å². The molecule has 7 heteroatoms. The highest BCUT2D eigenvalue weighted by Gasteiger charge is 2.19. The summed E-state index contributed by atoms with van der Waals surface area (Å²) in [6.07, 6.45) is 5.41. The molecule has 0 saturated carbocycles. The van der Waals surface area contributed by atoms with Gasteiger partial charge in [-0.15, -0.1) is 0 Å². The molecule has 0 aliphatic carbocycles. The van der Waals surface area contributed by atoms with E-state index in [-0.39, 0.29) is 5.91 Å². The molecule has 2 aliphatic heterocycles. The van der Waals surface area contributed by atoms with E-state index >= 15 is 0 Å². The lowest BCUT2D eigenvalue weighted by atomic mass is 10.3. The van der Waals surface area contributed by atoms with Crippen molar-refractivity contribution < 1.29 is 9.53 Å². The molecule has 0 atom stereocenters. The number of morpholine rings is 1. The van der Waals surface area contributed by atoms with Gasteiger partial charge < -0.3 is 15.0 Å². The van der Waals surface area contributed by atoms with Crippen molar-refractivity contribution in [3.8, 4) is 0 Å². The molecule has 1 amide bonds. The van der Waals surface area contributed by atoms with Crippen molar-refractivity contribution in [3.63, 3.8) is 0 Å². The molecule has 1 aromatic rings. The van der Waals surface area contributed by atoms with Gasteiger partial charge >= 0.3 is 0 Å². The highest BCUT2D eigenvalue weighted by Crippen LogP contribution is 2.12. The lowest BCUT2D eigenvalue weighted by Crippen LogP contribution is -2.39. The second-order valence-electron chi connectivity index (χ2n) is 5.68. The first-order chi connectivity index (χ1) is 10.8. The number of rotatable bonds is 5. The van der Waals surface area contributed by atoms with Crippen molar-refractivity contribution >= 4 is 11.9 Å². The van der Waals surface area contributed by atoms with Gasteiger partial charge in [0.25, 0.3) is 5.91 Å². The lowest BCUT2D eigenvalue weighted by Gasteiger charge is -2.26. The zero-order valence-electron chi connectivity index (χ0n) is 12.8. The molecule has 7 nitrogen and oxygen atoms in total. The Bertz CT molecular complexity index is 481. The molecule has 0 spiro atoms. The number of ether oxygens (including phenoxy) is 1. The van der Waals surface area contributed by atoms with Gasteiger partial charge in [0.05, 0.1) is 18.8 Å². The number of hydrogen-bond donors (Lipinski definition) is 1. The van der Waals surface area contributed by atoms with Crippen LogP contribution in [0.3, 0.4) is 0 Å². The Morgan fingerprint density at radius 1 is 1.14 bits per heavy atom. The Hall–Kier alpha value is -1.73. The van der Waals surface area contributed by atoms with Crippen LogP contribution in [0.25, 0.3) is 0 Å². The highest BCUT2D eigenvalue weighted by molar-refractivity contribution is 5.93. The standard InChI is InChI=1S/C15H23N5O2/c21-14(20-4-1-2-5-20)13-11-17-15(18-12-13)16-3-6-19-7-9-22-10-8-19/h11-12H,1-10H2,(H,16,17,18). The first kappa shape index (κ1) is 15.2. The minimum Gasteiger partial charge on any atom is -0.379 e. The predicted molar refractivity (Wildman–Crippen MR) is 82.9 cm³/mol. The second-order valence-corrected chi connectivity index (χ2v) is 5.68. The average Bonchev–Trinajstić information content (AvgIpc) is 3.10. The SMILES string of the molecule is O=C(c1cnc(NCCN2CCOCC2)nc1)N1CCCC1. The Kier molecular flexibility index (Phi) is 5.18. The maximum Gasteiger partial charge on any atom is 0.256 e. The molecule has 2 aliphatic rings. The van der Waals surface area contributed by atoms with Crippen molar-refractivity contribution in [2.75, 3.05) is 57.8 Å². The summed E-state index contributed by atoms with van der Waals surface area (Å²) >= 11 is 0. The zero-order chi connectivity index (χ0) is 15.2. The number of amides is 1. The summed E-state index contributed by atoms with van der Waals surface area (Å²) in [6.45, 7) is 7.00. The van der Waals surface area contributed by atoms with Gasteiger partial charge in [0.2, 0.25) is 5.95 Å². The van der Waals surface area contributed by atoms with Gasteiger partial charge in [-0.25, -0.2) is 9.97 Å². The minimum atomic E-state index is 0.0392. The van der Waals surface area contributed by atoms with E-state index in [1.807, 2.05) is 4.90 Å². The second kappa shape index (κ2) is 7.51. The van der Waals surface area contributed by atoms with Crippen molar-refractivity contribution in [3.05, 3.63) is 18.0 Å². The van der Waals surface area contributed by atoms with Gasteiger partial charge in [-0.05, 0) is 12.8 Å². The molecule has 22 heavy (non-hydrogen) atoms. The van der Waals surface area contributed by atoms with E-state index < -0.39 is 0 Å². The monoisotopic (exact) mass is 305 g/mol. The number of hydrogen-bond acceptors (Lipinski definition) is 6. The molecule has 120 valence electrons. The first-order valence-corrected chi connectivity index (χ1v) is 7.98. The number of nitrogens with one attached hydrogen (secondary N) is 1. The van der Waals surface area contributed by atoms with Crippen LogP contribution in [0.1, 0.15) is 23.2 Å². The minimum absolute atomic E-state index is 0.0392.